The van der Waals surface area contributed by atoms with E-state index in [4.69, 9.17) is 16.3 Å². The van der Waals surface area contributed by atoms with Crippen molar-refractivity contribution in [3.63, 3.8) is 0 Å². The molecule has 0 aliphatic heterocycles. The van der Waals surface area contributed by atoms with Crippen molar-refractivity contribution in [3.8, 4) is 5.75 Å². The minimum Gasteiger partial charge on any atom is -0.496 e. The van der Waals surface area contributed by atoms with E-state index in [1.54, 1.807) is 7.11 Å². The Kier molecular flexibility index (Phi) is 4.72. The van der Waals surface area contributed by atoms with Gasteiger partial charge in [0.1, 0.15) is 5.75 Å². The van der Waals surface area contributed by atoms with E-state index in [0.29, 0.717) is 0 Å². The summed E-state index contributed by atoms with van der Waals surface area (Å²) >= 11 is 6.59. The van der Waals surface area contributed by atoms with Crippen molar-refractivity contribution in [2.24, 2.45) is 0 Å². The molecule has 2 aromatic rings. The lowest BCUT2D eigenvalue weighted by molar-refractivity contribution is 0.411. The zero-order valence-electron chi connectivity index (χ0n) is 12.5. The topological polar surface area (TPSA) is 9.23 Å². The number of benzene rings is 2. The fourth-order valence-corrected chi connectivity index (χ4v) is 2.66. The van der Waals surface area contributed by atoms with E-state index < -0.39 is 0 Å². The second-order valence-electron chi connectivity index (χ2n) is 5.33. The molecule has 2 aromatic carbocycles. The Morgan fingerprint density at radius 3 is 2.40 bits per heavy atom. The molecule has 0 fully saturated rings. The maximum Gasteiger partial charge on any atom is 0.122 e. The predicted molar refractivity (Wildman–Crippen MR) is 85.9 cm³/mol. The van der Waals surface area contributed by atoms with Crippen LogP contribution in [-0.4, -0.2) is 7.11 Å². The Hall–Kier alpha value is -1.47. The van der Waals surface area contributed by atoms with Gasteiger partial charge in [-0.3, -0.25) is 0 Å². The third-order valence-corrected chi connectivity index (χ3v) is 4.10. The molecule has 0 aliphatic rings. The van der Waals surface area contributed by atoms with Gasteiger partial charge in [0.25, 0.3) is 0 Å². The highest BCUT2D eigenvalue weighted by Gasteiger charge is 2.12. The van der Waals surface area contributed by atoms with Gasteiger partial charge >= 0.3 is 0 Å². The quantitative estimate of drug-likeness (QED) is 0.708. The highest BCUT2D eigenvalue weighted by Crippen LogP contribution is 2.30. The Morgan fingerprint density at radius 1 is 1.00 bits per heavy atom. The number of hydrogen-bond donors (Lipinski definition) is 0. The van der Waals surface area contributed by atoms with Crippen LogP contribution in [0.3, 0.4) is 0 Å². The van der Waals surface area contributed by atoms with Crippen LogP contribution < -0.4 is 4.74 Å². The fraction of sp³-hybridized carbons (Fsp3) is 0.333. The van der Waals surface area contributed by atoms with Crippen LogP contribution in [-0.2, 0) is 6.42 Å². The van der Waals surface area contributed by atoms with Crippen LogP contribution in [0, 0.1) is 20.8 Å². The third-order valence-electron chi connectivity index (χ3n) is 3.70. The second-order valence-corrected chi connectivity index (χ2v) is 5.86. The highest BCUT2D eigenvalue weighted by atomic mass is 35.5. The first kappa shape index (κ1) is 14.9. The Balaban J connectivity index is 2.23. The SMILES string of the molecule is COc1cc(C(Cl)Cc2cc(C)ccc2C)ccc1C. The lowest BCUT2D eigenvalue weighted by Crippen LogP contribution is -2.00. The number of ether oxygens (including phenoxy) is 1. The molecular weight excluding hydrogens is 268 g/mol. The van der Waals surface area contributed by atoms with Gasteiger partial charge < -0.3 is 4.74 Å². The lowest BCUT2D eigenvalue weighted by atomic mass is 9.98. The summed E-state index contributed by atoms with van der Waals surface area (Å²) in [6, 6.07) is 12.7. The Morgan fingerprint density at radius 2 is 1.70 bits per heavy atom. The minimum absolute atomic E-state index is 0.0370. The molecule has 0 saturated carbocycles. The molecule has 1 atom stereocenters. The standard InChI is InChI=1S/C18H21ClO/c1-12-5-6-13(2)16(9-12)10-17(19)15-8-7-14(3)18(11-15)20-4/h5-9,11,17H,10H2,1-4H3. The summed E-state index contributed by atoms with van der Waals surface area (Å²) in [6.45, 7) is 6.28. The van der Waals surface area contributed by atoms with Crippen molar-refractivity contribution in [1.29, 1.82) is 0 Å². The normalized spacial score (nSPS) is 12.2. The van der Waals surface area contributed by atoms with E-state index in [1.807, 2.05) is 13.0 Å². The van der Waals surface area contributed by atoms with E-state index in [2.05, 4.69) is 44.2 Å². The first-order chi connectivity index (χ1) is 9.51. The van der Waals surface area contributed by atoms with Crippen LogP contribution >= 0.6 is 11.6 Å². The van der Waals surface area contributed by atoms with Gasteiger partial charge in [-0.05, 0) is 55.5 Å². The third kappa shape index (κ3) is 3.34. The van der Waals surface area contributed by atoms with E-state index in [0.717, 1.165) is 23.3 Å². The molecule has 0 amide bonds. The number of alkyl halides is 1. The van der Waals surface area contributed by atoms with Gasteiger partial charge in [0, 0.05) is 0 Å². The van der Waals surface area contributed by atoms with Crippen molar-refractivity contribution in [1.82, 2.24) is 0 Å². The summed E-state index contributed by atoms with van der Waals surface area (Å²) in [5, 5.41) is -0.0370. The van der Waals surface area contributed by atoms with Crippen molar-refractivity contribution in [2.45, 2.75) is 32.6 Å². The number of hydrogen-bond acceptors (Lipinski definition) is 1. The van der Waals surface area contributed by atoms with Crippen LogP contribution in [0.25, 0.3) is 0 Å². The zero-order chi connectivity index (χ0) is 14.7. The molecule has 20 heavy (non-hydrogen) atoms. The fourth-order valence-electron chi connectivity index (χ4n) is 2.36. The molecule has 0 aliphatic carbocycles. The van der Waals surface area contributed by atoms with E-state index >= 15 is 0 Å². The van der Waals surface area contributed by atoms with Gasteiger partial charge in [-0.15, -0.1) is 11.6 Å². The van der Waals surface area contributed by atoms with Crippen LogP contribution in [0.2, 0.25) is 0 Å². The molecule has 0 N–H and O–H groups in total. The summed E-state index contributed by atoms with van der Waals surface area (Å²) in [6.07, 6.45) is 0.835. The molecule has 1 nitrogen and oxygen atoms in total. The van der Waals surface area contributed by atoms with Crippen molar-refractivity contribution in [3.05, 3.63) is 64.2 Å². The summed E-state index contributed by atoms with van der Waals surface area (Å²) < 4.78 is 5.37. The Bertz CT molecular complexity index is 604. The second kappa shape index (κ2) is 6.32. The molecule has 0 radical (unpaired) electrons. The average Bonchev–Trinajstić information content (AvgIpc) is 2.43. The summed E-state index contributed by atoms with van der Waals surface area (Å²) in [5.41, 5.74) is 6.11. The van der Waals surface area contributed by atoms with Crippen molar-refractivity contribution >= 4 is 11.6 Å². The number of halogens is 1. The van der Waals surface area contributed by atoms with Gasteiger partial charge in [-0.25, -0.2) is 0 Å². The minimum atomic E-state index is -0.0370. The maximum atomic E-state index is 6.59. The van der Waals surface area contributed by atoms with Gasteiger partial charge in [0.2, 0.25) is 0 Å². The lowest BCUT2D eigenvalue weighted by Gasteiger charge is -2.14. The molecular formula is C18H21ClO. The molecule has 2 rings (SSSR count). The molecule has 0 saturated heterocycles. The van der Waals surface area contributed by atoms with Crippen LogP contribution in [0.4, 0.5) is 0 Å². The molecule has 1 unspecified atom stereocenters. The number of aryl methyl sites for hydroxylation is 3. The number of methoxy groups -OCH3 is 1. The monoisotopic (exact) mass is 288 g/mol. The van der Waals surface area contributed by atoms with Gasteiger partial charge in [-0.2, -0.15) is 0 Å². The van der Waals surface area contributed by atoms with Crippen LogP contribution in [0.15, 0.2) is 36.4 Å². The summed E-state index contributed by atoms with van der Waals surface area (Å²) in [5.74, 6) is 0.897. The van der Waals surface area contributed by atoms with Crippen LogP contribution in [0.5, 0.6) is 5.75 Å². The van der Waals surface area contributed by atoms with Crippen molar-refractivity contribution in [2.75, 3.05) is 7.11 Å². The van der Waals surface area contributed by atoms with E-state index in [9.17, 15) is 0 Å². The molecule has 0 heterocycles. The van der Waals surface area contributed by atoms with Gasteiger partial charge in [0.15, 0.2) is 0 Å². The van der Waals surface area contributed by atoms with E-state index in [1.165, 1.54) is 16.7 Å². The average molecular weight is 289 g/mol. The number of rotatable bonds is 4. The van der Waals surface area contributed by atoms with Crippen LogP contribution in [0.1, 0.15) is 33.2 Å². The first-order valence-corrected chi connectivity index (χ1v) is 7.29. The summed E-state index contributed by atoms with van der Waals surface area (Å²) in [4.78, 5) is 0. The maximum absolute atomic E-state index is 6.59. The molecule has 2 heteroatoms. The molecule has 0 aromatic heterocycles. The van der Waals surface area contributed by atoms with Gasteiger partial charge in [-0.1, -0.05) is 35.9 Å². The first-order valence-electron chi connectivity index (χ1n) is 6.86. The highest BCUT2D eigenvalue weighted by molar-refractivity contribution is 6.21. The zero-order valence-corrected chi connectivity index (χ0v) is 13.3. The van der Waals surface area contributed by atoms with Crippen molar-refractivity contribution < 1.29 is 4.74 Å². The van der Waals surface area contributed by atoms with E-state index in [-0.39, 0.29) is 5.38 Å². The molecule has 0 spiro atoms. The molecule has 106 valence electrons. The summed E-state index contributed by atoms with van der Waals surface area (Å²) in [7, 11) is 1.69. The predicted octanol–water partition coefficient (Wildman–Crippen LogP) is 5.14. The largest absolute Gasteiger partial charge is 0.496 e. The Labute approximate surface area is 126 Å². The smallest absolute Gasteiger partial charge is 0.122 e. The van der Waals surface area contributed by atoms with Gasteiger partial charge in [0.05, 0.1) is 12.5 Å². The molecule has 0 bridgehead atoms.